The van der Waals surface area contributed by atoms with Crippen molar-refractivity contribution in [1.29, 1.82) is 0 Å². The molecule has 0 aliphatic carbocycles. The molecular weight excluding hydrogens is 769 g/mol. The van der Waals surface area contributed by atoms with Crippen molar-refractivity contribution in [3.05, 3.63) is 94.0 Å². The molecule has 4 aromatic rings. The SMILES string of the molecule is COc1ccc2cc1Oc1ccc(cc1)CC1c3cc(c(OC)cc3CCN1C)Oc1c(O)c(OC)cc3c1C(C2)[N+](C)(CCCCCCCCCCCCCC(=O)O)CC3. The lowest BCUT2D eigenvalue weighted by atomic mass is 9.85. The molecule has 3 unspecified atom stereocenters. The van der Waals surface area contributed by atoms with E-state index >= 15 is 0 Å². The number of phenols is 1. The summed E-state index contributed by atoms with van der Waals surface area (Å²) in [6, 6.07) is 21.0. The Balaban J connectivity index is 1.21. The van der Waals surface area contributed by atoms with Crippen molar-refractivity contribution in [3.8, 4) is 46.0 Å². The zero-order valence-electron chi connectivity index (χ0n) is 37.1. The average molecular weight is 836 g/mol. The van der Waals surface area contributed by atoms with Gasteiger partial charge in [0, 0.05) is 31.8 Å². The molecule has 10 heteroatoms. The van der Waals surface area contributed by atoms with Gasteiger partial charge in [-0.05, 0) is 109 Å². The van der Waals surface area contributed by atoms with Crippen LogP contribution >= 0.6 is 0 Å². The average Bonchev–Trinajstić information content (AvgIpc) is 3.25. The number of fused-ring (bicyclic) bond motifs is 2. The number of methoxy groups -OCH3 is 3. The summed E-state index contributed by atoms with van der Waals surface area (Å²) in [5.74, 6) is 3.48. The van der Waals surface area contributed by atoms with Crippen molar-refractivity contribution >= 4 is 5.97 Å². The standard InChI is InChI=1S/C51H66N2O8/c1-52-26-24-37-32-44(58-4)46-34-40(37)41(52)29-35-18-21-39(22-19-35)60-45-31-36(20-23-43(45)57-3)30-42-49-38(33-47(59-5)50(56)51(49)61-46)25-28-53(42,2)27-16-14-12-10-8-6-7-9-11-13-15-17-48(54)55/h18-23,31-34,41-42H,6-17,24-30H2,1-5H3,(H-,54,55,56)/p+1. The molecule has 6 bridgehead atoms. The van der Waals surface area contributed by atoms with Crippen LogP contribution < -0.4 is 23.7 Å². The predicted octanol–water partition coefficient (Wildman–Crippen LogP) is 11.1. The number of hydrogen-bond donors (Lipinski definition) is 2. The second-order valence-corrected chi connectivity index (χ2v) is 17.7. The Kier molecular flexibility index (Phi) is 14.7. The van der Waals surface area contributed by atoms with Crippen molar-refractivity contribution in [2.75, 3.05) is 55.1 Å². The van der Waals surface area contributed by atoms with Crippen LogP contribution in [0.15, 0.2) is 60.7 Å². The van der Waals surface area contributed by atoms with Crippen LogP contribution in [0.2, 0.25) is 0 Å². The lowest BCUT2D eigenvalue weighted by molar-refractivity contribution is -0.941. The van der Waals surface area contributed by atoms with Gasteiger partial charge in [0.05, 0.1) is 47.0 Å². The van der Waals surface area contributed by atoms with Crippen molar-refractivity contribution in [2.24, 2.45) is 0 Å². The summed E-state index contributed by atoms with van der Waals surface area (Å²) in [4.78, 5) is 13.2. The van der Waals surface area contributed by atoms with Gasteiger partial charge in [0.15, 0.2) is 34.5 Å². The Morgan fingerprint density at radius 1 is 0.721 bits per heavy atom. The molecule has 10 nitrogen and oxygen atoms in total. The lowest BCUT2D eigenvalue weighted by Crippen LogP contribution is -2.52. The minimum atomic E-state index is -0.692. The predicted molar refractivity (Wildman–Crippen MR) is 239 cm³/mol. The maximum Gasteiger partial charge on any atom is 0.303 e. The van der Waals surface area contributed by atoms with Crippen molar-refractivity contribution in [1.82, 2.24) is 4.90 Å². The third-order valence-electron chi connectivity index (χ3n) is 13.6. The van der Waals surface area contributed by atoms with E-state index < -0.39 is 5.97 Å². The molecule has 61 heavy (non-hydrogen) atoms. The first-order chi connectivity index (χ1) is 29.6. The normalized spacial score (nSPS) is 19.5. The Labute approximate surface area is 362 Å². The largest absolute Gasteiger partial charge is 0.502 e. The Morgan fingerprint density at radius 2 is 1.34 bits per heavy atom. The highest BCUT2D eigenvalue weighted by Gasteiger charge is 2.43. The van der Waals surface area contributed by atoms with Gasteiger partial charge in [0.1, 0.15) is 11.8 Å². The topological polar surface area (TPSA) is 107 Å². The number of carbonyl (C=O) groups is 1. The van der Waals surface area contributed by atoms with Crippen molar-refractivity contribution < 1.29 is 43.2 Å². The number of aromatic hydroxyl groups is 1. The summed E-state index contributed by atoms with van der Waals surface area (Å²) >= 11 is 0. The van der Waals surface area contributed by atoms with Gasteiger partial charge in [-0.1, -0.05) is 69.6 Å². The number of nitrogens with zero attached hydrogens (tertiary/aromatic N) is 2. The second kappa shape index (κ2) is 20.3. The van der Waals surface area contributed by atoms with Crippen LogP contribution in [0.5, 0.6) is 46.0 Å². The van der Waals surface area contributed by atoms with E-state index in [0.29, 0.717) is 40.9 Å². The quantitative estimate of drug-likeness (QED) is 0.0794. The first-order valence-electron chi connectivity index (χ1n) is 22.6. The highest BCUT2D eigenvalue weighted by atomic mass is 16.5. The van der Waals surface area contributed by atoms with Crippen LogP contribution in [-0.2, 0) is 30.5 Å². The van der Waals surface area contributed by atoms with E-state index in [1.165, 1.54) is 61.6 Å². The smallest absolute Gasteiger partial charge is 0.303 e. The molecule has 0 amide bonds. The zero-order chi connectivity index (χ0) is 42.9. The molecular formula is C51H67N2O8+. The van der Waals surface area contributed by atoms with Crippen LogP contribution in [0, 0.1) is 0 Å². The molecule has 0 saturated heterocycles. The monoisotopic (exact) mass is 835 g/mol. The van der Waals surface area contributed by atoms with Crippen LogP contribution in [0.3, 0.4) is 0 Å². The third-order valence-corrected chi connectivity index (χ3v) is 13.6. The number of benzene rings is 4. The fraction of sp³-hybridized carbons (Fsp3) is 0.510. The molecule has 0 saturated carbocycles. The van der Waals surface area contributed by atoms with Crippen LogP contribution in [0.25, 0.3) is 0 Å². The fourth-order valence-corrected chi connectivity index (χ4v) is 9.94. The molecule has 4 aliphatic rings. The minimum Gasteiger partial charge on any atom is -0.502 e. The molecule has 4 aliphatic heterocycles. The number of rotatable bonds is 17. The van der Waals surface area contributed by atoms with Crippen molar-refractivity contribution in [2.45, 2.75) is 115 Å². The van der Waals surface area contributed by atoms with E-state index in [1.54, 1.807) is 21.3 Å². The maximum absolute atomic E-state index is 12.1. The maximum atomic E-state index is 12.1. The van der Waals surface area contributed by atoms with E-state index in [2.05, 4.69) is 67.5 Å². The number of quaternary nitrogens is 1. The number of phenolic OH excluding ortho intramolecular Hbond substituents is 1. The van der Waals surface area contributed by atoms with Gasteiger partial charge in [0.2, 0.25) is 5.75 Å². The van der Waals surface area contributed by atoms with Gasteiger partial charge in [-0.2, -0.15) is 0 Å². The number of likely N-dealkylation sites (N-methyl/N-ethyl adjacent to an activating group) is 2. The summed E-state index contributed by atoms with van der Waals surface area (Å²) in [7, 11) is 9.54. The molecule has 8 rings (SSSR count). The highest BCUT2D eigenvalue weighted by molar-refractivity contribution is 5.66. The van der Waals surface area contributed by atoms with Gasteiger partial charge in [-0.15, -0.1) is 0 Å². The summed E-state index contributed by atoms with van der Waals surface area (Å²) in [5.41, 5.74) is 6.90. The van der Waals surface area contributed by atoms with E-state index in [9.17, 15) is 9.90 Å². The number of ether oxygens (including phenoxy) is 5. The van der Waals surface area contributed by atoms with E-state index in [-0.39, 0.29) is 24.3 Å². The molecule has 0 fully saturated rings. The number of hydrogen-bond acceptors (Lipinski definition) is 8. The van der Waals surface area contributed by atoms with Gasteiger partial charge >= 0.3 is 5.97 Å². The van der Waals surface area contributed by atoms with Crippen LogP contribution in [0.1, 0.15) is 123 Å². The molecule has 3 atom stereocenters. The Morgan fingerprint density at radius 3 is 2.02 bits per heavy atom. The Hall–Kier alpha value is -4.93. The van der Waals surface area contributed by atoms with Crippen molar-refractivity contribution in [3.63, 3.8) is 0 Å². The molecule has 2 N–H and O–H groups in total. The first-order valence-corrected chi connectivity index (χ1v) is 22.6. The molecule has 0 spiro atoms. The van der Waals surface area contributed by atoms with Gasteiger partial charge in [-0.25, -0.2) is 0 Å². The molecule has 4 aromatic carbocycles. The summed E-state index contributed by atoms with van der Waals surface area (Å²) < 4.78 is 32.2. The number of aliphatic carboxylic acids is 1. The van der Waals surface area contributed by atoms with E-state index in [0.717, 1.165) is 91.5 Å². The van der Waals surface area contributed by atoms with E-state index in [1.807, 2.05) is 12.1 Å². The number of carboxylic acid groups (broad SMARTS) is 1. The summed E-state index contributed by atoms with van der Waals surface area (Å²) in [6.45, 7) is 2.87. The highest BCUT2D eigenvalue weighted by Crippen LogP contribution is 2.53. The summed E-state index contributed by atoms with van der Waals surface area (Å²) in [6.07, 6.45) is 16.1. The van der Waals surface area contributed by atoms with Crippen LogP contribution in [0.4, 0.5) is 0 Å². The molecule has 4 heterocycles. The third kappa shape index (κ3) is 10.4. The van der Waals surface area contributed by atoms with Gasteiger partial charge in [0.25, 0.3) is 0 Å². The Bertz CT molecular complexity index is 2120. The van der Waals surface area contributed by atoms with Gasteiger partial charge in [-0.3, -0.25) is 9.69 Å². The second-order valence-electron chi connectivity index (χ2n) is 17.7. The lowest BCUT2D eigenvalue weighted by Gasteiger charge is -2.46. The zero-order valence-corrected chi connectivity index (χ0v) is 37.1. The number of unbranched alkanes of at least 4 members (excludes halogenated alkanes) is 10. The van der Waals surface area contributed by atoms with Crippen LogP contribution in [-0.4, -0.2) is 80.6 Å². The molecule has 0 radical (unpaired) electrons. The molecule has 328 valence electrons. The minimum absolute atomic E-state index is 0.00102. The van der Waals surface area contributed by atoms with E-state index in [4.69, 9.17) is 28.8 Å². The summed E-state index contributed by atoms with van der Waals surface area (Å²) in [5, 5.41) is 21.0. The van der Waals surface area contributed by atoms with Gasteiger partial charge < -0.3 is 38.4 Å². The fourth-order valence-electron chi connectivity index (χ4n) is 9.94. The molecule has 0 aromatic heterocycles. The number of carboxylic acids is 1. The first kappa shape index (κ1) is 44.1.